The number of carbonyl (C=O) groups excluding carboxylic acids is 3. The van der Waals surface area contributed by atoms with Crippen LogP contribution in [-0.4, -0.2) is 69.2 Å². The van der Waals surface area contributed by atoms with Crippen molar-refractivity contribution < 1.29 is 27.5 Å². The van der Waals surface area contributed by atoms with Crippen molar-refractivity contribution in [3.05, 3.63) is 29.3 Å². The molecule has 0 unspecified atom stereocenters. The zero-order valence-corrected chi connectivity index (χ0v) is 17.0. The SMILES string of the molecule is Cc1ccc(S(=O)(=O)N(C)C)cc1C(=O)OCC(=O)N1CCC[C@H](C(N)=O)C1. The first-order valence-corrected chi connectivity index (χ1v) is 10.3. The monoisotopic (exact) mass is 411 g/mol. The predicted octanol–water partition coefficient (Wildman–Crippen LogP) is 0.126. The predicted molar refractivity (Wildman–Crippen MR) is 101 cm³/mol. The molecule has 1 aromatic carbocycles. The minimum absolute atomic E-state index is 0.0401. The van der Waals surface area contributed by atoms with Crippen LogP contribution in [0.2, 0.25) is 0 Å². The Labute approximate surface area is 164 Å². The average Bonchev–Trinajstić information content (AvgIpc) is 2.65. The van der Waals surface area contributed by atoms with Crippen LogP contribution in [0.25, 0.3) is 0 Å². The molecular weight excluding hydrogens is 386 g/mol. The molecule has 0 aliphatic carbocycles. The second-order valence-corrected chi connectivity index (χ2v) is 9.07. The molecule has 0 radical (unpaired) electrons. The van der Waals surface area contributed by atoms with Crippen LogP contribution >= 0.6 is 0 Å². The highest BCUT2D eigenvalue weighted by Crippen LogP contribution is 2.19. The zero-order valence-electron chi connectivity index (χ0n) is 16.2. The lowest BCUT2D eigenvalue weighted by atomic mass is 9.97. The lowest BCUT2D eigenvalue weighted by Crippen LogP contribution is -2.45. The summed E-state index contributed by atoms with van der Waals surface area (Å²) in [6, 6.07) is 4.16. The summed E-state index contributed by atoms with van der Waals surface area (Å²) >= 11 is 0. The Hall–Kier alpha value is -2.46. The topological polar surface area (TPSA) is 127 Å². The van der Waals surface area contributed by atoms with Gasteiger partial charge in [-0.3, -0.25) is 9.59 Å². The summed E-state index contributed by atoms with van der Waals surface area (Å²) in [4.78, 5) is 37.4. The van der Waals surface area contributed by atoms with Gasteiger partial charge in [-0.25, -0.2) is 17.5 Å². The van der Waals surface area contributed by atoms with Gasteiger partial charge in [0.25, 0.3) is 5.91 Å². The Morgan fingerprint density at radius 3 is 2.57 bits per heavy atom. The lowest BCUT2D eigenvalue weighted by Gasteiger charge is -2.31. The van der Waals surface area contributed by atoms with Gasteiger partial charge < -0.3 is 15.4 Å². The molecule has 2 amide bonds. The molecule has 2 N–H and O–H groups in total. The molecule has 0 aromatic heterocycles. The number of rotatable bonds is 6. The maximum atomic E-state index is 12.4. The smallest absolute Gasteiger partial charge is 0.338 e. The Kier molecular flexibility index (Phi) is 6.78. The number of likely N-dealkylation sites (tertiary alicyclic amines) is 1. The van der Waals surface area contributed by atoms with Crippen molar-refractivity contribution in [2.75, 3.05) is 33.8 Å². The van der Waals surface area contributed by atoms with Crippen LogP contribution < -0.4 is 5.73 Å². The van der Waals surface area contributed by atoms with E-state index >= 15 is 0 Å². The Morgan fingerprint density at radius 2 is 1.96 bits per heavy atom. The molecule has 28 heavy (non-hydrogen) atoms. The first-order valence-electron chi connectivity index (χ1n) is 8.81. The fraction of sp³-hybridized carbons (Fsp3) is 0.500. The summed E-state index contributed by atoms with van der Waals surface area (Å²) in [6.45, 7) is 1.83. The van der Waals surface area contributed by atoms with E-state index in [0.29, 0.717) is 24.9 Å². The maximum Gasteiger partial charge on any atom is 0.338 e. The molecule has 1 fully saturated rings. The number of hydrogen-bond acceptors (Lipinski definition) is 6. The van der Waals surface area contributed by atoms with Gasteiger partial charge in [-0.15, -0.1) is 0 Å². The molecule has 2 rings (SSSR count). The Balaban J connectivity index is 2.07. The fourth-order valence-corrected chi connectivity index (χ4v) is 3.85. The second-order valence-electron chi connectivity index (χ2n) is 6.92. The van der Waals surface area contributed by atoms with Crippen molar-refractivity contribution in [3.63, 3.8) is 0 Å². The number of ether oxygens (including phenoxy) is 1. The van der Waals surface area contributed by atoms with Crippen molar-refractivity contribution in [1.82, 2.24) is 9.21 Å². The quantitative estimate of drug-likeness (QED) is 0.663. The van der Waals surface area contributed by atoms with Crippen LogP contribution in [0.3, 0.4) is 0 Å². The third-order valence-corrected chi connectivity index (χ3v) is 6.52. The largest absolute Gasteiger partial charge is 0.452 e. The van der Waals surface area contributed by atoms with E-state index in [1.54, 1.807) is 6.92 Å². The number of hydrogen-bond donors (Lipinski definition) is 1. The molecule has 1 aromatic rings. The average molecular weight is 411 g/mol. The molecule has 0 spiro atoms. The molecule has 10 heteroatoms. The first kappa shape index (κ1) is 21.8. The molecular formula is C18H25N3O6S. The summed E-state index contributed by atoms with van der Waals surface area (Å²) in [5.41, 5.74) is 5.90. The highest BCUT2D eigenvalue weighted by atomic mass is 32.2. The van der Waals surface area contributed by atoms with Gasteiger partial charge in [0.15, 0.2) is 6.61 Å². The summed E-state index contributed by atoms with van der Waals surface area (Å²) in [6.07, 6.45) is 1.28. The number of nitrogens with two attached hydrogens (primary N) is 1. The van der Waals surface area contributed by atoms with Crippen LogP contribution in [0, 0.1) is 12.8 Å². The molecule has 0 bridgehead atoms. The Morgan fingerprint density at radius 1 is 1.29 bits per heavy atom. The minimum Gasteiger partial charge on any atom is -0.452 e. The van der Waals surface area contributed by atoms with Gasteiger partial charge in [0.1, 0.15) is 0 Å². The van der Waals surface area contributed by atoms with Gasteiger partial charge >= 0.3 is 5.97 Å². The second kappa shape index (κ2) is 8.70. The molecule has 154 valence electrons. The van der Waals surface area contributed by atoms with Crippen LogP contribution in [0.4, 0.5) is 0 Å². The van der Waals surface area contributed by atoms with Crippen LogP contribution in [0.5, 0.6) is 0 Å². The number of aryl methyl sites for hydroxylation is 1. The van der Waals surface area contributed by atoms with E-state index in [4.69, 9.17) is 10.5 Å². The third-order valence-electron chi connectivity index (χ3n) is 4.71. The summed E-state index contributed by atoms with van der Waals surface area (Å²) < 4.78 is 30.6. The van der Waals surface area contributed by atoms with E-state index in [1.807, 2.05) is 0 Å². The van der Waals surface area contributed by atoms with Crippen LogP contribution in [0.1, 0.15) is 28.8 Å². The highest BCUT2D eigenvalue weighted by Gasteiger charge is 2.28. The van der Waals surface area contributed by atoms with Gasteiger partial charge in [0.2, 0.25) is 15.9 Å². The number of esters is 1. The number of sulfonamides is 1. The normalized spacial score (nSPS) is 17.4. The van der Waals surface area contributed by atoms with Crippen LogP contribution in [-0.2, 0) is 24.3 Å². The molecule has 1 atom stereocenters. The molecule has 1 saturated heterocycles. The van der Waals surface area contributed by atoms with Gasteiger partial charge in [0.05, 0.1) is 16.4 Å². The summed E-state index contributed by atoms with van der Waals surface area (Å²) in [5.74, 6) is -2.06. The molecule has 1 aliphatic rings. The standard InChI is InChI=1S/C18H25N3O6S/c1-12-6-7-14(28(25,26)20(2)3)9-15(12)18(24)27-11-16(22)21-8-4-5-13(10-21)17(19)23/h6-7,9,13H,4-5,8,10-11H2,1-3H3,(H2,19,23)/t13-/m0/s1. The van der Waals surface area contributed by atoms with E-state index in [-0.39, 0.29) is 17.0 Å². The van der Waals surface area contributed by atoms with Crippen LogP contribution in [0.15, 0.2) is 23.1 Å². The van der Waals surface area contributed by atoms with Crippen molar-refractivity contribution in [2.45, 2.75) is 24.7 Å². The number of carbonyl (C=O) groups is 3. The first-order chi connectivity index (χ1) is 13.0. The van der Waals surface area contributed by atoms with Gasteiger partial charge in [-0.05, 0) is 37.5 Å². The number of nitrogens with zero attached hydrogens (tertiary/aromatic N) is 2. The van der Waals surface area contributed by atoms with Crippen molar-refractivity contribution in [2.24, 2.45) is 11.7 Å². The number of piperidine rings is 1. The maximum absolute atomic E-state index is 12.4. The summed E-state index contributed by atoms with van der Waals surface area (Å²) in [5, 5.41) is 0. The molecule has 1 aliphatic heterocycles. The van der Waals surface area contributed by atoms with Gasteiger partial charge in [-0.2, -0.15) is 0 Å². The van der Waals surface area contributed by atoms with Crippen molar-refractivity contribution in [1.29, 1.82) is 0 Å². The number of benzene rings is 1. The molecule has 9 nitrogen and oxygen atoms in total. The lowest BCUT2D eigenvalue weighted by molar-refractivity contribution is -0.137. The van der Waals surface area contributed by atoms with Gasteiger partial charge in [-0.1, -0.05) is 6.07 Å². The summed E-state index contributed by atoms with van der Waals surface area (Å²) in [7, 11) is -0.920. The van der Waals surface area contributed by atoms with E-state index in [0.717, 1.165) is 4.31 Å². The number of amides is 2. The van der Waals surface area contributed by atoms with E-state index in [9.17, 15) is 22.8 Å². The van der Waals surface area contributed by atoms with E-state index in [1.165, 1.54) is 37.2 Å². The third kappa shape index (κ3) is 4.87. The van der Waals surface area contributed by atoms with Gasteiger partial charge in [0, 0.05) is 27.2 Å². The highest BCUT2D eigenvalue weighted by molar-refractivity contribution is 7.89. The van der Waals surface area contributed by atoms with Crippen molar-refractivity contribution in [3.8, 4) is 0 Å². The minimum atomic E-state index is -3.71. The Bertz CT molecular complexity index is 881. The van der Waals surface area contributed by atoms with Crippen molar-refractivity contribution >= 4 is 27.8 Å². The molecule has 0 saturated carbocycles. The van der Waals surface area contributed by atoms with E-state index in [2.05, 4.69) is 0 Å². The van der Waals surface area contributed by atoms with E-state index < -0.39 is 40.3 Å². The fourth-order valence-electron chi connectivity index (χ4n) is 2.92. The zero-order chi connectivity index (χ0) is 21.1. The molecule has 1 heterocycles. The number of primary amides is 1.